The van der Waals surface area contributed by atoms with Gasteiger partial charge in [-0.05, 0) is 0 Å². The van der Waals surface area contributed by atoms with Crippen molar-refractivity contribution in [3.05, 3.63) is 5.38 Å². The van der Waals surface area contributed by atoms with Crippen molar-refractivity contribution in [3.63, 3.8) is 0 Å². The van der Waals surface area contributed by atoms with Gasteiger partial charge in [0.2, 0.25) is 0 Å². The fourth-order valence-electron chi connectivity index (χ4n) is 0.403. The van der Waals surface area contributed by atoms with E-state index in [1.807, 2.05) is 0 Å². The van der Waals surface area contributed by atoms with Crippen molar-refractivity contribution in [3.8, 4) is 0 Å². The van der Waals surface area contributed by atoms with Crippen LogP contribution < -0.4 is 10.9 Å². The van der Waals surface area contributed by atoms with Crippen LogP contribution in [0.15, 0.2) is 10.4 Å². The van der Waals surface area contributed by atoms with E-state index in [1.165, 1.54) is 5.38 Å². The maximum absolute atomic E-state index is 10.5. The molecule has 0 bridgehead atoms. The van der Waals surface area contributed by atoms with Crippen LogP contribution in [0.1, 0.15) is 0 Å². The molecule has 10 heavy (non-hydrogen) atoms. The Morgan fingerprint density at radius 2 is 2.20 bits per heavy atom. The number of primary sulfonamides is 1. The third-order valence-electron chi connectivity index (χ3n) is 0.792. The predicted octanol–water partition coefficient (Wildman–Crippen LogP) is -0.627. The van der Waals surface area contributed by atoms with Gasteiger partial charge in [-0.25, -0.2) is 18.5 Å². The minimum atomic E-state index is -3.66. The molecule has 7 heteroatoms. The van der Waals surface area contributed by atoms with E-state index in [1.54, 1.807) is 0 Å². The molecule has 0 atom stereocenters. The summed E-state index contributed by atoms with van der Waals surface area (Å²) in [5.41, 5.74) is 5.16. The van der Waals surface area contributed by atoms with Crippen LogP contribution >= 0.6 is 11.3 Å². The quantitative estimate of drug-likeness (QED) is 0.599. The smallest absolute Gasteiger partial charge is 0.256 e. The summed E-state index contributed by atoms with van der Waals surface area (Å²) in [7, 11) is -3.66. The highest BCUT2D eigenvalue weighted by atomic mass is 32.2. The van der Waals surface area contributed by atoms with Gasteiger partial charge in [-0.3, -0.25) is 0 Å². The SMILES string of the molecule is Nc1nc(S(N)(=O)=O)cs1. The van der Waals surface area contributed by atoms with Crippen LogP contribution in [0.2, 0.25) is 0 Å². The van der Waals surface area contributed by atoms with E-state index >= 15 is 0 Å². The summed E-state index contributed by atoms with van der Waals surface area (Å²) in [6.07, 6.45) is 0. The number of anilines is 1. The summed E-state index contributed by atoms with van der Waals surface area (Å²) in [6.45, 7) is 0. The van der Waals surface area contributed by atoms with Crippen molar-refractivity contribution in [2.45, 2.75) is 5.03 Å². The number of nitrogens with two attached hydrogens (primary N) is 2. The summed E-state index contributed by atoms with van der Waals surface area (Å²) in [4.78, 5) is 3.47. The first kappa shape index (κ1) is 7.45. The fraction of sp³-hybridized carbons (Fsp3) is 0. The highest BCUT2D eigenvalue weighted by molar-refractivity contribution is 7.89. The number of hydrogen-bond donors (Lipinski definition) is 2. The van der Waals surface area contributed by atoms with E-state index in [0.29, 0.717) is 0 Å². The van der Waals surface area contributed by atoms with Crippen molar-refractivity contribution >= 4 is 26.5 Å². The second kappa shape index (κ2) is 2.19. The molecule has 0 radical (unpaired) electrons. The molecule has 1 rings (SSSR count). The Bertz CT molecular complexity index is 327. The zero-order valence-corrected chi connectivity index (χ0v) is 6.45. The first-order chi connectivity index (χ1) is 4.50. The average Bonchev–Trinajstić information content (AvgIpc) is 2.11. The van der Waals surface area contributed by atoms with Crippen LogP contribution in [-0.2, 0) is 10.0 Å². The van der Waals surface area contributed by atoms with E-state index < -0.39 is 10.0 Å². The molecule has 5 nitrogen and oxygen atoms in total. The fourth-order valence-corrected chi connectivity index (χ4v) is 1.79. The standard InChI is InChI=1S/C3H5N3O2S2/c4-3-6-2(1-9-3)10(5,7)8/h1H,(H2,4,6)(H2,5,7,8). The lowest BCUT2D eigenvalue weighted by Gasteiger charge is -1.86. The van der Waals surface area contributed by atoms with Crippen molar-refractivity contribution in [1.29, 1.82) is 0 Å². The summed E-state index contributed by atoms with van der Waals surface area (Å²) in [5.74, 6) is 0. The first-order valence-electron chi connectivity index (χ1n) is 2.24. The highest BCUT2D eigenvalue weighted by Crippen LogP contribution is 2.13. The van der Waals surface area contributed by atoms with Gasteiger partial charge in [0.15, 0.2) is 10.2 Å². The molecule has 1 aromatic rings. The maximum Gasteiger partial charge on any atom is 0.256 e. The van der Waals surface area contributed by atoms with Crippen LogP contribution in [0, 0.1) is 0 Å². The van der Waals surface area contributed by atoms with Crippen LogP contribution in [0.4, 0.5) is 5.13 Å². The van der Waals surface area contributed by atoms with Gasteiger partial charge in [0.1, 0.15) is 0 Å². The van der Waals surface area contributed by atoms with E-state index in [4.69, 9.17) is 10.9 Å². The summed E-state index contributed by atoms with van der Waals surface area (Å²) in [6, 6.07) is 0. The Kier molecular flexibility index (Phi) is 1.63. The molecule has 0 aliphatic rings. The molecule has 1 aromatic heterocycles. The van der Waals surface area contributed by atoms with Crippen molar-refractivity contribution < 1.29 is 8.42 Å². The van der Waals surface area contributed by atoms with Crippen LogP contribution in [0.25, 0.3) is 0 Å². The van der Waals surface area contributed by atoms with Gasteiger partial charge in [-0.2, -0.15) is 0 Å². The average molecular weight is 179 g/mol. The first-order valence-corrected chi connectivity index (χ1v) is 4.66. The highest BCUT2D eigenvalue weighted by Gasteiger charge is 2.10. The number of nitrogens with zero attached hydrogens (tertiary/aromatic N) is 1. The van der Waals surface area contributed by atoms with Gasteiger partial charge in [0, 0.05) is 5.38 Å². The minimum absolute atomic E-state index is 0.171. The summed E-state index contributed by atoms with van der Waals surface area (Å²) < 4.78 is 21.0. The normalized spacial score (nSPS) is 11.7. The Balaban J connectivity index is 3.21. The van der Waals surface area contributed by atoms with Gasteiger partial charge in [0.05, 0.1) is 0 Å². The van der Waals surface area contributed by atoms with Crippen molar-refractivity contribution in [2.24, 2.45) is 5.14 Å². The molecule has 0 aliphatic heterocycles. The number of sulfonamides is 1. The molecule has 0 spiro atoms. The van der Waals surface area contributed by atoms with Gasteiger partial charge >= 0.3 is 0 Å². The van der Waals surface area contributed by atoms with Crippen molar-refractivity contribution in [2.75, 3.05) is 5.73 Å². The van der Waals surface area contributed by atoms with Gasteiger partial charge in [-0.1, -0.05) is 0 Å². The third kappa shape index (κ3) is 1.43. The van der Waals surface area contributed by atoms with Crippen molar-refractivity contribution in [1.82, 2.24) is 4.98 Å². The maximum atomic E-state index is 10.5. The van der Waals surface area contributed by atoms with E-state index in [9.17, 15) is 8.42 Å². The van der Waals surface area contributed by atoms with Gasteiger partial charge < -0.3 is 5.73 Å². The van der Waals surface area contributed by atoms with E-state index in [0.717, 1.165) is 11.3 Å². The largest absolute Gasteiger partial charge is 0.375 e. The second-order valence-electron chi connectivity index (χ2n) is 1.57. The zero-order valence-electron chi connectivity index (χ0n) is 4.81. The number of rotatable bonds is 1. The summed E-state index contributed by atoms with van der Waals surface area (Å²) in [5, 5.41) is 6.05. The Hall–Kier alpha value is -0.660. The molecule has 0 amide bonds. The molecular formula is C3H5N3O2S2. The number of thiazole rings is 1. The second-order valence-corrected chi connectivity index (χ2v) is 3.97. The summed E-state index contributed by atoms with van der Waals surface area (Å²) >= 11 is 1.04. The van der Waals surface area contributed by atoms with Gasteiger partial charge in [0.25, 0.3) is 10.0 Å². The molecule has 0 saturated heterocycles. The number of hydrogen-bond acceptors (Lipinski definition) is 5. The Morgan fingerprint density at radius 1 is 1.60 bits per heavy atom. The molecule has 1 heterocycles. The minimum Gasteiger partial charge on any atom is -0.375 e. The Morgan fingerprint density at radius 3 is 2.40 bits per heavy atom. The van der Waals surface area contributed by atoms with Crippen LogP contribution in [0.5, 0.6) is 0 Å². The van der Waals surface area contributed by atoms with E-state index in [2.05, 4.69) is 4.98 Å². The Labute approximate surface area is 61.7 Å². The van der Waals surface area contributed by atoms with Gasteiger partial charge in [-0.15, -0.1) is 11.3 Å². The predicted molar refractivity (Wildman–Crippen MR) is 37.9 cm³/mol. The molecule has 56 valence electrons. The lowest BCUT2D eigenvalue weighted by atomic mass is 11.0. The molecule has 0 saturated carbocycles. The lowest BCUT2D eigenvalue weighted by molar-refractivity contribution is 0.595. The third-order valence-corrected chi connectivity index (χ3v) is 2.41. The number of aromatic nitrogens is 1. The van der Waals surface area contributed by atoms with Crippen LogP contribution in [-0.4, -0.2) is 13.4 Å². The monoisotopic (exact) mass is 179 g/mol. The molecular weight excluding hydrogens is 174 g/mol. The molecule has 0 aromatic carbocycles. The lowest BCUT2D eigenvalue weighted by Crippen LogP contribution is -2.12. The molecule has 4 N–H and O–H groups in total. The van der Waals surface area contributed by atoms with Crippen LogP contribution in [0.3, 0.4) is 0 Å². The molecule has 0 aliphatic carbocycles. The molecule has 0 unspecified atom stereocenters. The molecule has 0 fully saturated rings. The van der Waals surface area contributed by atoms with E-state index in [-0.39, 0.29) is 10.2 Å². The zero-order chi connectivity index (χ0) is 7.78. The topological polar surface area (TPSA) is 99.1 Å². The number of nitrogen functional groups attached to an aromatic ring is 1.